The Hall–Kier alpha value is -1.09. The maximum absolute atomic E-state index is 13.4. The van der Waals surface area contributed by atoms with Crippen LogP contribution in [0.4, 0.5) is 4.39 Å². The minimum atomic E-state index is -0.296. The molecule has 3 heteroatoms. The third-order valence-electron chi connectivity index (χ3n) is 4.77. The average Bonchev–Trinajstić information content (AvgIpc) is 3.28. The zero-order valence-electron chi connectivity index (χ0n) is 11.7. The monoisotopic (exact) mass is 263 g/mol. The van der Waals surface area contributed by atoms with Crippen molar-refractivity contribution in [1.29, 1.82) is 0 Å². The molecule has 0 heterocycles. The van der Waals surface area contributed by atoms with E-state index in [1.165, 1.54) is 38.9 Å². The van der Waals surface area contributed by atoms with E-state index in [-0.39, 0.29) is 11.9 Å². The van der Waals surface area contributed by atoms with Gasteiger partial charge in [0.2, 0.25) is 0 Å². The summed E-state index contributed by atoms with van der Waals surface area (Å²) in [6.45, 7) is 3.23. The molecule has 0 spiro atoms. The molecule has 0 amide bonds. The summed E-state index contributed by atoms with van der Waals surface area (Å²) in [5, 5.41) is 3.62. The maximum Gasteiger partial charge on any atom is 0.165 e. The molecular weight excluding hydrogens is 241 g/mol. The van der Waals surface area contributed by atoms with Crippen molar-refractivity contribution < 1.29 is 9.13 Å². The van der Waals surface area contributed by atoms with Crippen molar-refractivity contribution in [2.24, 2.45) is 11.3 Å². The zero-order chi connectivity index (χ0) is 13.5. The van der Waals surface area contributed by atoms with Crippen LogP contribution in [0.15, 0.2) is 18.2 Å². The second-order valence-corrected chi connectivity index (χ2v) is 6.13. The predicted octanol–water partition coefficient (Wildman–Crippen LogP) is 3.68. The summed E-state index contributed by atoms with van der Waals surface area (Å²) in [6.07, 6.45) is 5.59. The number of hydrogen-bond acceptors (Lipinski definition) is 2. The van der Waals surface area contributed by atoms with Crippen LogP contribution >= 0.6 is 0 Å². The summed E-state index contributed by atoms with van der Waals surface area (Å²) in [4.78, 5) is 0. The van der Waals surface area contributed by atoms with Crippen LogP contribution in [-0.4, -0.2) is 13.7 Å². The molecule has 19 heavy (non-hydrogen) atoms. The van der Waals surface area contributed by atoms with E-state index in [4.69, 9.17) is 4.74 Å². The van der Waals surface area contributed by atoms with E-state index in [0.29, 0.717) is 11.2 Å². The lowest BCUT2D eigenvalue weighted by Crippen LogP contribution is -2.28. The molecule has 2 aliphatic rings. The predicted molar refractivity (Wildman–Crippen MR) is 73.8 cm³/mol. The Kier molecular flexibility index (Phi) is 3.25. The highest BCUT2D eigenvalue weighted by molar-refractivity contribution is 5.32. The van der Waals surface area contributed by atoms with Crippen molar-refractivity contribution in [3.05, 3.63) is 29.6 Å². The summed E-state index contributed by atoms with van der Waals surface area (Å²) >= 11 is 0. The average molecular weight is 263 g/mol. The first-order valence-electron chi connectivity index (χ1n) is 7.21. The third-order valence-corrected chi connectivity index (χ3v) is 4.77. The smallest absolute Gasteiger partial charge is 0.165 e. The van der Waals surface area contributed by atoms with E-state index in [2.05, 4.69) is 12.2 Å². The summed E-state index contributed by atoms with van der Waals surface area (Å²) in [5.41, 5.74) is 1.68. The standard InChI is InChI=1S/C16H22FNO/c1-11(12-3-6-14(17)15(9-12)19-2)18-10-16(7-8-16)13-4-5-13/h3,6,9,11,13,18H,4-5,7-8,10H2,1-2H3. The van der Waals surface area contributed by atoms with Gasteiger partial charge >= 0.3 is 0 Å². The molecule has 2 saturated carbocycles. The van der Waals surface area contributed by atoms with Crippen LogP contribution in [0.2, 0.25) is 0 Å². The highest BCUT2D eigenvalue weighted by Crippen LogP contribution is 2.60. The van der Waals surface area contributed by atoms with Crippen molar-refractivity contribution in [1.82, 2.24) is 5.32 Å². The molecule has 1 aromatic carbocycles. The molecule has 0 aromatic heterocycles. The third kappa shape index (κ3) is 2.62. The molecule has 3 rings (SSSR count). The lowest BCUT2D eigenvalue weighted by Gasteiger charge is -2.20. The Labute approximate surface area is 114 Å². The zero-order valence-corrected chi connectivity index (χ0v) is 11.7. The van der Waals surface area contributed by atoms with Crippen LogP contribution in [0.1, 0.15) is 44.2 Å². The van der Waals surface area contributed by atoms with Crippen LogP contribution in [0.25, 0.3) is 0 Å². The second kappa shape index (κ2) is 4.78. The first kappa shape index (κ1) is 12.9. The van der Waals surface area contributed by atoms with Gasteiger partial charge in [0.05, 0.1) is 7.11 Å². The molecule has 1 unspecified atom stereocenters. The normalized spacial score (nSPS) is 22.1. The van der Waals surface area contributed by atoms with E-state index >= 15 is 0 Å². The molecule has 1 aromatic rings. The van der Waals surface area contributed by atoms with Crippen LogP contribution in [0.3, 0.4) is 0 Å². The van der Waals surface area contributed by atoms with Gasteiger partial charge in [-0.1, -0.05) is 6.07 Å². The summed E-state index contributed by atoms with van der Waals surface area (Å²) < 4.78 is 18.4. The SMILES string of the molecule is COc1cc(C(C)NCC2(C3CC3)CC2)ccc1F. The molecule has 2 fully saturated rings. The van der Waals surface area contributed by atoms with Gasteiger partial charge in [0.1, 0.15) is 0 Å². The van der Waals surface area contributed by atoms with Gasteiger partial charge in [0.15, 0.2) is 11.6 Å². The quantitative estimate of drug-likeness (QED) is 0.845. The number of halogens is 1. The number of nitrogens with one attached hydrogen (secondary N) is 1. The molecule has 0 saturated heterocycles. The van der Waals surface area contributed by atoms with Gasteiger partial charge in [0.25, 0.3) is 0 Å². The van der Waals surface area contributed by atoms with Gasteiger partial charge in [-0.3, -0.25) is 0 Å². The van der Waals surface area contributed by atoms with Crippen LogP contribution in [0, 0.1) is 17.2 Å². The number of hydrogen-bond donors (Lipinski definition) is 1. The highest BCUT2D eigenvalue weighted by Gasteiger charge is 2.53. The number of benzene rings is 1. The Morgan fingerprint density at radius 3 is 2.74 bits per heavy atom. The molecule has 0 radical (unpaired) electrons. The molecule has 1 atom stereocenters. The topological polar surface area (TPSA) is 21.3 Å². The van der Waals surface area contributed by atoms with Crippen molar-refractivity contribution in [2.75, 3.05) is 13.7 Å². The molecular formula is C16H22FNO. The minimum Gasteiger partial charge on any atom is -0.494 e. The van der Waals surface area contributed by atoms with Crippen LogP contribution in [0.5, 0.6) is 5.75 Å². The molecule has 1 N–H and O–H groups in total. The first-order chi connectivity index (χ1) is 9.14. The van der Waals surface area contributed by atoms with E-state index in [9.17, 15) is 4.39 Å². The Bertz CT molecular complexity index is 466. The number of ether oxygens (including phenoxy) is 1. The van der Waals surface area contributed by atoms with Crippen molar-refractivity contribution in [3.8, 4) is 5.75 Å². The molecule has 0 aliphatic heterocycles. The lowest BCUT2D eigenvalue weighted by atomic mass is 9.99. The largest absolute Gasteiger partial charge is 0.494 e. The van der Waals surface area contributed by atoms with Crippen LogP contribution < -0.4 is 10.1 Å². The van der Waals surface area contributed by atoms with E-state index < -0.39 is 0 Å². The Morgan fingerprint density at radius 1 is 1.42 bits per heavy atom. The van der Waals surface area contributed by atoms with Gasteiger partial charge in [0, 0.05) is 12.6 Å². The van der Waals surface area contributed by atoms with Gasteiger partial charge in [-0.2, -0.15) is 0 Å². The fourth-order valence-electron chi connectivity index (χ4n) is 3.01. The fourth-order valence-corrected chi connectivity index (χ4v) is 3.01. The summed E-state index contributed by atoms with van der Waals surface area (Å²) in [5.74, 6) is 1.000. The fraction of sp³-hybridized carbons (Fsp3) is 0.625. The van der Waals surface area contributed by atoms with Crippen molar-refractivity contribution in [2.45, 2.75) is 38.6 Å². The molecule has 0 bridgehead atoms. The van der Waals surface area contributed by atoms with E-state index in [1.807, 2.05) is 6.07 Å². The van der Waals surface area contributed by atoms with Crippen LogP contribution in [-0.2, 0) is 0 Å². The minimum absolute atomic E-state index is 0.241. The summed E-state index contributed by atoms with van der Waals surface area (Å²) in [7, 11) is 1.51. The highest BCUT2D eigenvalue weighted by atomic mass is 19.1. The second-order valence-electron chi connectivity index (χ2n) is 6.13. The molecule has 2 nitrogen and oxygen atoms in total. The van der Waals surface area contributed by atoms with Gasteiger partial charge in [-0.25, -0.2) is 4.39 Å². The Morgan fingerprint density at radius 2 is 2.16 bits per heavy atom. The number of methoxy groups -OCH3 is 1. The van der Waals surface area contributed by atoms with Gasteiger partial charge in [-0.05, 0) is 61.6 Å². The summed E-state index contributed by atoms with van der Waals surface area (Å²) in [6, 6.07) is 5.36. The van der Waals surface area contributed by atoms with E-state index in [0.717, 1.165) is 18.0 Å². The first-order valence-corrected chi connectivity index (χ1v) is 7.21. The van der Waals surface area contributed by atoms with Crippen molar-refractivity contribution in [3.63, 3.8) is 0 Å². The van der Waals surface area contributed by atoms with Gasteiger partial charge in [-0.15, -0.1) is 0 Å². The van der Waals surface area contributed by atoms with Gasteiger partial charge < -0.3 is 10.1 Å². The van der Waals surface area contributed by atoms with E-state index in [1.54, 1.807) is 6.07 Å². The lowest BCUT2D eigenvalue weighted by molar-refractivity contribution is 0.375. The molecule has 2 aliphatic carbocycles. The van der Waals surface area contributed by atoms with Crippen molar-refractivity contribution >= 4 is 0 Å². The Balaban J connectivity index is 1.62. The molecule has 104 valence electrons. The maximum atomic E-state index is 13.4. The number of rotatable bonds is 6.